The van der Waals surface area contributed by atoms with E-state index in [4.69, 9.17) is 5.73 Å². The van der Waals surface area contributed by atoms with Gasteiger partial charge in [-0.3, -0.25) is 4.79 Å². The van der Waals surface area contributed by atoms with Crippen molar-refractivity contribution in [2.45, 2.75) is 27.2 Å². The summed E-state index contributed by atoms with van der Waals surface area (Å²) in [4.78, 5) is 14.7. The summed E-state index contributed by atoms with van der Waals surface area (Å²) in [6.07, 6.45) is 2.64. The highest BCUT2D eigenvalue weighted by atomic mass is 16.2. The summed E-state index contributed by atoms with van der Waals surface area (Å²) in [6.45, 7) is 8.23. The van der Waals surface area contributed by atoms with E-state index in [9.17, 15) is 4.79 Å². The molecule has 2 heterocycles. The summed E-state index contributed by atoms with van der Waals surface area (Å²) >= 11 is 0. The van der Waals surface area contributed by atoms with Crippen molar-refractivity contribution in [3.05, 3.63) is 47.3 Å². The first-order valence-corrected chi connectivity index (χ1v) is 8.04. The molecule has 0 saturated carbocycles. The second-order valence-corrected chi connectivity index (χ2v) is 6.89. The van der Waals surface area contributed by atoms with Crippen LogP contribution in [0.5, 0.6) is 0 Å². The van der Waals surface area contributed by atoms with Crippen molar-refractivity contribution >= 4 is 5.91 Å². The fraction of sp³-hybridized carbons (Fsp3) is 0.444. The van der Waals surface area contributed by atoms with Crippen molar-refractivity contribution in [2.75, 3.05) is 19.6 Å². The van der Waals surface area contributed by atoms with Crippen LogP contribution in [0.3, 0.4) is 0 Å². The third-order valence-electron chi connectivity index (χ3n) is 4.82. The predicted octanol–water partition coefficient (Wildman–Crippen LogP) is 2.30. The molecule has 0 spiro atoms. The SMILES string of the molecule is Cc1cccc(-n2ncc(C(=O)N3CCC(C)(CN)C3)c2C)c1. The molecule has 0 aliphatic carbocycles. The van der Waals surface area contributed by atoms with E-state index in [1.807, 2.05) is 41.6 Å². The van der Waals surface area contributed by atoms with Gasteiger partial charge < -0.3 is 10.6 Å². The lowest BCUT2D eigenvalue weighted by atomic mass is 9.90. The maximum Gasteiger partial charge on any atom is 0.257 e. The number of carbonyl (C=O) groups is 1. The molecule has 1 aliphatic rings. The lowest BCUT2D eigenvalue weighted by molar-refractivity contribution is 0.0776. The van der Waals surface area contributed by atoms with E-state index >= 15 is 0 Å². The van der Waals surface area contributed by atoms with Crippen molar-refractivity contribution in [3.63, 3.8) is 0 Å². The van der Waals surface area contributed by atoms with Crippen LogP contribution in [0, 0.1) is 19.3 Å². The number of hydrogen-bond acceptors (Lipinski definition) is 3. The Morgan fingerprint density at radius 3 is 2.83 bits per heavy atom. The minimum Gasteiger partial charge on any atom is -0.338 e. The maximum atomic E-state index is 12.8. The Morgan fingerprint density at radius 2 is 2.17 bits per heavy atom. The van der Waals surface area contributed by atoms with Crippen LogP contribution in [0.25, 0.3) is 5.69 Å². The lowest BCUT2D eigenvalue weighted by Crippen LogP contribution is -2.34. The summed E-state index contributed by atoms with van der Waals surface area (Å²) in [5.74, 6) is 0.0542. The van der Waals surface area contributed by atoms with E-state index in [1.54, 1.807) is 6.20 Å². The summed E-state index contributed by atoms with van der Waals surface area (Å²) < 4.78 is 1.83. The zero-order chi connectivity index (χ0) is 16.6. The van der Waals surface area contributed by atoms with Crippen molar-refractivity contribution in [1.82, 2.24) is 14.7 Å². The van der Waals surface area contributed by atoms with Crippen molar-refractivity contribution in [1.29, 1.82) is 0 Å². The fourth-order valence-electron chi connectivity index (χ4n) is 3.17. The van der Waals surface area contributed by atoms with Crippen LogP contribution in [0.15, 0.2) is 30.5 Å². The molecule has 2 N–H and O–H groups in total. The van der Waals surface area contributed by atoms with Gasteiger partial charge in [0.1, 0.15) is 0 Å². The quantitative estimate of drug-likeness (QED) is 0.946. The minimum atomic E-state index is 0.0378. The molecule has 1 aromatic heterocycles. The predicted molar refractivity (Wildman–Crippen MR) is 90.7 cm³/mol. The molecule has 3 rings (SSSR count). The molecule has 122 valence electrons. The monoisotopic (exact) mass is 312 g/mol. The van der Waals surface area contributed by atoms with Crippen LogP contribution >= 0.6 is 0 Å². The third-order valence-corrected chi connectivity index (χ3v) is 4.82. The molecule has 1 atom stereocenters. The summed E-state index contributed by atoms with van der Waals surface area (Å²) in [7, 11) is 0. The smallest absolute Gasteiger partial charge is 0.257 e. The summed E-state index contributed by atoms with van der Waals surface area (Å²) in [6, 6.07) is 8.12. The molecule has 1 saturated heterocycles. The van der Waals surface area contributed by atoms with Crippen LogP contribution in [0.4, 0.5) is 0 Å². The van der Waals surface area contributed by atoms with Crippen LogP contribution < -0.4 is 5.73 Å². The van der Waals surface area contributed by atoms with Gasteiger partial charge in [0, 0.05) is 13.1 Å². The number of nitrogens with zero attached hydrogens (tertiary/aromatic N) is 3. The van der Waals surface area contributed by atoms with E-state index in [-0.39, 0.29) is 11.3 Å². The summed E-state index contributed by atoms with van der Waals surface area (Å²) in [5, 5.41) is 4.42. The average Bonchev–Trinajstić information content (AvgIpc) is 3.11. The first-order valence-electron chi connectivity index (χ1n) is 8.04. The Kier molecular flexibility index (Phi) is 3.98. The molecule has 1 amide bonds. The van der Waals surface area contributed by atoms with Gasteiger partial charge >= 0.3 is 0 Å². The second-order valence-electron chi connectivity index (χ2n) is 6.89. The standard InChI is InChI=1S/C18H24N4O/c1-13-5-4-6-15(9-13)22-14(2)16(10-20-22)17(23)21-8-7-18(3,11-19)12-21/h4-6,9-10H,7-8,11-12,19H2,1-3H3. The van der Waals surface area contributed by atoms with Crippen molar-refractivity contribution in [3.8, 4) is 5.69 Å². The number of amides is 1. The van der Waals surface area contributed by atoms with E-state index in [1.165, 1.54) is 5.56 Å². The molecule has 1 aliphatic heterocycles. The normalized spacial score (nSPS) is 21.0. The second kappa shape index (κ2) is 5.81. The van der Waals surface area contributed by atoms with E-state index in [2.05, 4.69) is 18.1 Å². The van der Waals surface area contributed by atoms with Gasteiger partial charge in [-0.1, -0.05) is 19.1 Å². The zero-order valence-corrected chi connectivity index (χ0v) is 14.0. The number of nitrogens with two attached hydrogens (primary N) is 1. The Hall–Kier alpha value is -2.14. The van der Waals surface area contributed by atoms with Gasteiger partial charge in [-0.25, -0.2) is 4.68 Å². The van der Waals surface area contributed by atoms with Crippen molar-refractivity contribution in [2.24, 2.45) is 11.1 Å². The van der Waals surface area contributed by atoms with Gasteiger partial charge in [-0.2, -0.15) is 5.10 Å². The minimum absolute atomic E-state index is 0.0378. The van der Waals surface area contributed by atoms with Gasteiger partial charge in [-0.05, 0) is 49.9 Å². The van der Waals surface area contributed by atoms with Gasteiger partial charge in [0.2, 0.25) is 0 Å². The van der Waals surface area contributed by atoms with E-state index in [0.717, 1.165) is 30.9 Å². The number of hydrogen-bond donors (Lipinski definition) is 1. The Bertz CT molecular complexity index is 736. The van der Waals surface area contributed by atoms with Gasteiger partial charge in [-0.15, -0.1) is 0 Å². The molecular weight excluding hydrogens is 288 g/mol. The Morgan fingerprint density at radius 1 is 1.39 bits per heavy atom. The van der Waals surface area contributed by atoms with Crippen LogP contribution in [0.1, 0.15) is 35.0 Å². The Balaban J connectivity index is 1.86. The van der Waals surface area contributed by atoms with Crippen LogP contribution in [-0.4, -0.2) is 40.2 Å². The number of carbonyl (C=O) groups excluding carboxylic acids is 1. The molecular formula is C18H24N4O. The van der Waals surface area contributed by atoms with Crippen LogP contribution in [0.2, 0.25) is 0 Å². The number of aromatic nitrogens is 2. The number of benzene rings is 1. The number of likely N-dealkylation sites (tertiary alicyclic amines) is 1. The molecule has 23 heavy (non-hydrogen) atoms. The fourth-order valence-corrected chi connectivity index (χ4v) is 3.17. The zero-order valence-electron chi connectivity index (χ0n) is 14.0. The molecule has 0 radical (unpaired) electrons. The first kappa shape index (κ1) is 15.7. The first-order chi connectivity index (χ1) is 10.9. The maximum absolute atomic E-state index is 12.8. The molecule has 0 bridgehead atoms. The summed E-state index contributed by atoms with van der Waals surface area (Å²) in [5.41, 5.74) is 9.58. The molecule has 1 aromatic carbocycles. The van der Waals surface area contributed by atoms with Gasteiger partial charge in [0.15, 0.2) is 0 Å². The Labute approximate surface area is 137 Å². The molecule has 1 unspecified atom stereocenters. The largest absolute Gasteiger partial charge is 0.338 e. The van der Waals surface area contributed by atoms with Gasteiger partial charge in [0.25, 0.3) is 5.91 Å². The molecule has 5 heteroatoms. The molecule has 1 fully saturated rings. The number of aryl methyl sites for hydroxylation is 1. The molecule has 5 nitrogen and oxygen atoms in total. The lowest BCUT2D eigenvalue weighted by Gasteiger charge is -2.22. The highest BCUT2D eigenvalue weighted by molar-refractivity contribution is 5.95. The van der Waals surface area contributed by atoms with Crippen molar-refractivity contribution < 1.29 is 4.79 Å². The third kappa shape index (κ3) is 2.88. The van der Waals surface area contributed by atoms with E-state index in [0.29, 0.717) is 12.1 Å². The highest BCUT2D eigenvalue weighted by Crippen LogP contribution is 2.30. The highest BCUT2D eigenvalue weighted by Gasteiger charge is 2.36. The van der Waals surface area contributed by atoms with Crippen LogP contribution in [-0.2, 0) is 0 Å². The average molecular weight is 312 g/mol. The topological polar surface area (TPSA) is 64.2 Å². The molecule has 2 aromatic rings. The number of rotatable bonds is 3. The van der Waals surface area contributed by atoms with Gasteiger partial charge in [0.05, 0.1) is 23.1 Å². The van der Waals surface area contributed by atoms with E-state index < -0.39 is 0 Å².